The van der Waals surface area contributed by atoms with E-state index in [1.54, 1.807) is 42.5 Å². The fraction of sp³-hybridized carbons (Fsp3) is 0.0714. The normalized spacial score (nSPS) is 10.2. The van der Waals surface area contributed by atoms with E-state index in [1.165, 1.54) is 0 Å². The molecule has 0 atom stereocenters. The number of hydrogen-bond donors (Lipinski definition) is 2. The number of carbonyl (C=O) groups excluding carboxylic acids is 1. The summed E-state index contributed by atoms with van der Waals surface area (Å²) in [7, 11) is 0. The summed E-state index contributed by atoms with van der Waals surface area (Å²) in [5, 5.41) is 9.45. The van der Waals surface area contributed by atoms with Crippen LogP contribution < -0.4 is 10.5 Å². The van der Waals surface area contributed by atoms with Gasteiger partial charge in [-0.25, -0.2) is 0 Å². The third kappa shape index (κ3) is 3.24. The molecule has 0 unspecified atom stereocenters. The summed E-state index contributed by atoms with van der Waals surface area (Å²) in [6, 6.07) is 11.5. The van der Waals surface area contributed by atoms with Crippen LogP contribution in [0.2, 0.25) is 5.02 Å². The molecule has 0 aromatic heterocycles. The molecule has 5 heteroatoms. The number of carbonyl (C=O) groups is 1. The number of halogens is 1. The first kappa shape index (κ1) is 13.4. The Morgan fingerprint density at radius 2 is 1.79 bits per heavy atom. The fourth-order valence-electron chi connectivity index (χ4n) is 1.54. The third-order valence-corrected chi connectivity index (χ3v) is 2.92. The number of aliphatic hydroxyl groups is 1. The summed E-state index contributed by atoms with van der Waals surface area (Å²) in [5.74, 6) is 0.633. The van der Waals surface area contributed by atoms with Crippen LogP contribution in [0.3, 0.4) is 0 Å². The Morgan fingerprint density at radius 3 is 2.32 bits per heavy atom. The number of nitrogens with two attached hydrogens (primary N) is 1. The standard InChI is InChI=1S/C14H12ClNO3/c15-13-7-12(6-3-10(13)8-17)19-11-4-1-9(2-5-11)14(16)18/h1-7,17H,8H2,(H2,16,18). The molecule has 0 heterocycles. The second kappa shape index (κ2) is 5.73. The first-order valence-electron chi connectivity index (χ1n) is 5.57. The molecule has 98 valence electrons. The quantitative estimate of drug-likeness (QED) is 0.902. The Kier molecular flexibility index (Phi) is 4.04. The molecular formula is C14H12ClNO3. The topological polar surface area (TPSA) is 72.6 Å². The monoisotopic (exact) mass is 277 g/mol. The minimum Gasteiger partial charge on any atom is -0.457 e. The molecule has 2 rings (SSSR count). The van der Waals surface area contributed by atoms with Gasteiger partial charge in [0, 0.05) is 10.6 Å². The number of rotatable bonds is 4. The van der Waals surface area contributed by atoms with Crippen LogP contribution in [0.15, 0.2) is 42.5 Å². The SMILES string of the molecule is NC(=O)c1ccc(Oc2ccc(CO)c(Cl)c2)cc1. The highest BCUT2D eigenvalue weighted by Gasteiger charge is 2.04. The third-order valence-electron chi connectivity index (χ3n) is 2.57. The van der Waals surface area contributed by atoms with Crippen molar-refractivity contribution in [2.45, 2.75) is 6.61 Å². The van der Waals surface area contributed by atoms with Crippen LogP contribution in [0.5, 0.6) is 11.5 Å². The number of primary amides is 1. The van der Waals surface area contributed by atoms with E-state index in [1.807, 2.05) is 0 Å². The average molecular weight is 278 g/mol. The molecule has 0 radical (unpaired) electrons. The highest BCUT2D eigenvalue weighted by atomic mass is 35.5. The van der Waals surface area contributed by atoms with Gasteiger partial charge in [0.25, 0.3) is 0 Å². The Balaban J connectivity index is 2.16. The van der Waals surface area contributed by atoms with Crippen LogP contribution in [-0.2, 0) is 6.61 Å². The summed E-state index contributed by atoms with van der Waals surface area (Å²) in [4.78, 5) is 10.9. The smallest absolute Gasteiger partial charge is 0.248 e. The van der Waals surface area contributed by atoms with Crippen molar-refractivity contribution >= 4 is 17.5 Å². The number of amides is 1. The Morgan fingerprint density at radius 1 is 1.16 bits per heavy atom. The Bertz CT molecular complexity index is 596. The molecule has 0 fully saturated rings. The Hall–Kier alpha value is -2.04. The van der Waals surface area contributed by atoms with Gasteiger partial charge in [0.1, 0.15) is 11.5 Å². The van der Waals surface area contributed by atoms with Crippen molar-refractivity contribution in [2.24, 2.45) is 5.73 Å². The molecular weight excluding hydrogens is 266 g/mol. The second-order valence-electron chi connectivity index (χ2n) is 3.90. The van der Waals surface area contributed by atoms with Crippen LogP contribution in [0.25, 0.3) is 0 Å². The summed E-state index contributed by atoms with van der Waals surface area (Å²) in [6.07, 6.45) is 0. The highest BCUT2D eigenvalue weighted by molar-refractivity contribution is 6.31. The maximum Gasteiger partial charge on any atom is 0.248 e. The molecule has 19 heavy (non-hydrogen) atoms. The molecule has 0 saturated heterocycles. The van der Waals surface area contributed by atoms with Crippen molar-refractivity contribution in [1.82, 2.24) is 0 Å². The van der Waals surface area contributed by atoms with Gasteiger partial charge in [-0.1, -0.05) is 17.7 Å². The molecule has 0 saturated carbocycles. The molecule has 1 amide bonds. The first-order valence-corrected chi connectivity index (χ1v) is 5.95. The van der Waals surface area contributed by atoms with Crippen LogP contribution in [0, 0.1) is 0 Å². The lowest BCUT2D eigenvalue weighted by Gasteiger charge is -2.08. The minimum atomic E-state index is -0.484. The van der Waals surface area contributed by atoms with Gasteiger partial charge in [-0.15, -0.1) is 0 Å². The van der Waals surface area contributed by atoms with Gasteiger partial charge in [0.2, 0.25) is 5.91 Å². The van der Waals surface area contributed by atoms with Crippen molar-refractivity contribution in [3.8, 4) is 11.5 Å². The van der Waals surface area contributed by atoms with Gasteiger partial charge in [-0.2, -0.15) is 0 Å². The molecule has 0 bridgehead atoms. The highest BCUT2D eigenvalue weighted by Crippen LogP contribution is 2.27. The predicted molar refractivity (Wildman–Crippen MR) is 72.4 cm³/mol. The van der Waals surface area contributed by atoms with Crippen molar-refractivity contribution in [3.05, 3.63) is 58.6 Å². The van der Waals surface area contributed by atoms with Crippen molar-refractivity contribution in [2.75, 3.05) is 0 Å². The zero-order chi connectivity index (χ0) is 13.8. The Labute approximate surface area is 115 Å². The van der Waals surface area contributed by atoms with E-state index in [0.717, 1.165) is 0 Å². The number of ether oxygens (including phenoxy) is 1. The zero-order valence-corrected chi connectivity index (χ0v) is 10.7. The predicted octanol–water partition coefficient (Wildman–Crippen LogP) is 2.72. The lowest BCUT2D eigenvalue weighted by molar-refractivity contribution is 0.100. The lowest BCUT2D eigenvalue weighted by atomic mass is 10.2. The van der Waals surface area contributed by atoms with Crippen molar-refractivity contribution in [1.29, 1.82) is 0 Å². The van der Waals surface area contributed by atoms with Gasteiger partial charge in [0.05, 0.1) is 6.61 Å². The van der Waals surface area contributed by atoms with Crippen LogP contribution in [0.1, 0.15) is 15.9 Å². The molecule has 0 aliphatic carbocycles. The summed E-state index contributed by atoms with van der Waals surface area (Å²) in [5.41, 5.74) is 6.20. The zero-order valence-electron chi connectivity index (χ0n) is 9.97. The minimum absolute atomic E-state index is 0.119. The fourth-order valence-corrected chi connectivity index (χ4v) is 1.77. The number of benzene rings is 2. The van der Waals surface area contributed by atoms with Crippen LogP contribution >= 0.6 is 11.6 Å². The second-order valence-corrected chi connectivity index (χ2v) is 4.31. The largest absolute Gasteiger partial charge is 0.457 e. The molecule has 2 aromatic rings. The molecule has 2 aromatic carbocycles. The van der Waals surface area contributed by atoms with E-state index in [9.17, 15) is 4.79 Å². The number of aliphatic hydroxyl groups excluding tert-OH is 1. The van der Waals surface area contributed by atoms with E-state index >= 15 is 0 Å². The van der Waals surface area contributed by atoms with Gasteiger partial charge in [-0.3, -0.25) is 4.79 Å². The van der Waals surface area contributed by atoms with Gasteiger partial charge in [-0.05, 0) is 42.0 Å². The van der Waals surface area contributed by atoms with Crippen LogP contribution in [0.4, 0.5) is 0 Å². The molecule has 0 aliphatic heterocycles. The van der Waals surface area contributed by atoms with E-state index < -0.39 is 5.91 Å². The van der Waals surface area contributed by atoms with Gasteiger partial charge in [0.15, 0.2) is 0 Å². The van der Waals surface area contributed by atoms with Crippen LogP contribution in [-0.4, -0.2) is 11.0 Å². The molecule has 0 aliphatic rings. The summed E-state index contributed by atoms with van der Waals surface area (Å²) in [6.45, 7) is -0.119. The summed E-state index contributed by atoms with van der Waals surface area (Å²) >= 11 is 5.96. The average Bonchev–Trinajstić information content (AvgIpc) is 2.39. The van der Waals surface area contributed by atoms with E-state index in [4.69, 9.17) is 27.2 Å². The van der Waals surface area contributed by atoms with Gasteiger partial charge < -0.3 is 15.6 Å². The van der Waals surface area contributed by atoms with E-state index in [2.05, 4.69) is 0 Å². The van der Waals surface area contributed by atoms with Crippen molar-refractivity contribution < 1.29 is 14.6 Å². The maximum absolute atomic E-state index is 10.9. The summed E-state index contributed by atoms with van der Waals surface area (Å²) < 4.78 is 5.58. The lowest BCUT2D eigenvalue weighted by Crippen LogP contribution is -2.10. The van der Waals surface area contributed by atoms with E-state index in [-0.39, 0.29) is 6.61 Å². The maximum atomic E-state index is 10.9. The van der Waals surface area contributed by atoms with E-state index in [0.29, 0.717) is 27.6 Å². The van der Waals surface area contributed by atoms with Crippen molar-refractivity contribution in [3.63, 3.8) is 0 Å². The molecule has 0 spiro atoms. The van der Waals surface area contributed by atoms with Gasteiger partial charge >= 0.3 is 0 Å². The molecule has 4 nitrogen and oxygen atoms in total. The number of hydrogen-bond acceptors (Lipinski definition) is 3. The first-order chi connectivity index (χ1) is 9.10. The molecule has 3 N–H and O–H groups in total.